The van der Waals surface area contributed by atoms with Gasteiger partial charge in [-0.15, -0.1) is 0 Å². The van der Waals surface area contributed by atoms with Crippen molar-refractivity contribution >= 4 is 44.8 Å². The molecule has 29 heavy (non-hydrogen) atoms. The fourth-order valence-corrected chi connectivity index (χ4v) is 4.56. The molecule has 0 saturated heterocycles. The summed E-state index contributed by atoms with van der Waals surface area (Å²) in [5, 5.41) is 4.85. The van der Waals surface area contributed by atoms with Crippen LogP contribution in [0.5, 0.6) is 0 Å². The van der Waals surface area contributed by atoms with Crippen LogP contribution in [0.2, 0.25) is 10.0 Å². The topological polar surface area (TPSA) is 40.7 Å². The molecule has 0 saturated carbocycles. The van der Waals surface area contributed by atoms with Crippen LogP contribution in [0.4, 0.5) is 5.69 Å². The molecule has 6 heteroatoms. The lowest BCUT2D eigenvalue weighted by Gasteiger charge is -2.07. The summed E-state index contributed by atoms with van der Waals surface area (Å²) in [6, 6.07) is 21.9. The van der Waals surface area contributed by atoms with E-state index in [-0.39, 0.29) is 5.92 Å². The quantitative estimate of drug-likeness (QED) is 0.318. The van der Waals surface area contributed by atoms with Crippen molar-refractivity contribution in [2.75, 3.05) is 11.9 Å². The number of hydrogen-bond acceptors (Lipinski definition) is 2. The zero-order valence-corrected chi connectivity index (χ0v) is 18.3. The maximum absolute atomic E-state index is 6.27. The Balaban J connectivity index is 1.68. The molecule has 0 spiro atoms. The van der Waals surface area contributed by atoms with E-state index >= 15 is 0 Å². The van der Waals surface area contributed by atoms with E-state index in [0.717, 1.165) is 45.0 Å². The summed E-state index contributed by atoms with van der Waals surface area (Å²) in [4.78, 5) is 8.60. The Labute approximate surface area is 187 Å². The lowest BCUT2D eigenvalue weighted by atomic mass is 10.0. The van der Waals surface area contributed by atoms with Crippen LogP contribution < -0.4 is 5.32 Å². The molecule has 5 rings (SSSR count). The standard InChI is InChI=1S/C23H16BrCl2N3/c24-15-7-8-20-18(11-15)19(12-27-20)23-28-21(13-3-1-5-16(25)9-13)22(29-23)14-4-2-6-17(26)10-14/h1-11,19,27H,12H2,(H,28,29). The third-order valence-electron chi connectivity index (χ3n) is 5.15. The van der Waals surface area contributed by atoms with Gasteiger partial charge in [-0.05, 0) is 48.0 Å². The van der Waals surface area contributed by atoms with Crippen molar-refractivity contribution in [3.63, 3.8) is 0 Å². The Bertz CT molecular complexity index is 1160. The van der Waals surface area contributed by atoms with Gasteiger partial charge in [-0.3, -0.25) is 0 Å². The molecule has 1 aliphatic heterocycles. The normalized spacial score (nSPS) is 15.2. The molecule has 0 radical (unpaired) electrons. The minimum atomic E-state index is 0.133. The lowest BCUT2D eigenvalue weighted by molar-refractivity contribution is 0.831. The average molecular weight is 485 g/mol. The SMILES string of the molecule is Clc1cccc(-c2nc(C3CNc4ccc(Br)cc43)[nH]c2-c2cccc(Cl)c2)c1. The molecule has 4 aromatic rings. The van der Waals surface area contributed by atoms with E-state index in [1.54, 1.807) is 0 Å². The molecule has 144 valence electrons. The summed E-state index contributed by atoms with van der Waals surface area (Å²) in [6.07, 6.45) is 0. The van der Waals surface area contributed by atoms with Crippen LogP contribution in [0.25, 0.3) is 22.5 Å². The van der Waals surface area contributed by atoms with Gasteiger partial charge in [-0.1, -0.05) is 63.4 Å². The molecule has 0 amide bonds. The number of nitrogens with zero attached hydrogens (tertiary/aromatic N) is 1. The van der Waals surface area contributed by atoms with Gasteiger partial charge in [0.2, 0.25) is 0 Å². The number of H-pyrrole nitrogens is 1. The molecule has 0 aliphatic carbocycles. The number of nitrogens with one attached hydrogen (secondary N) is 2. The zero-order chi connectivity index (χ0) is 20.0. The Kier molecular flexibility index (Phi) is 4.86. The largest absolute Gasteiger partial charge is 0.384 e. The van der Waals surface area contributed by atoms with Gasteiger partial charge >= 0.3 is 0 Å². The molecule has 2 N–H and O–H groups in total. The summed E-state index contributed by atoms with van der Waals surface area (Å²) in [6.45, 7) is 0.795. The monoisotopic (exact) mass is 483 g/mol. The van der Waals surface area contributed by atoms with E-state index in [9.17, 15) is 0 Å². The van der Waals surface area contributed by atoms with E-state index in [1.807, 2.05) is 54.6 Å². The van der Waals surface area contributed by atoms with Gasteiger partial charge in [0.15, 0.2) is 0 Å². The van der Waals surface area contributed by atoms with Crippen LogP contribution in [-0.4, -0.2) is 16.5 Å². The Morgan fingerprint density at radius 1 is 0.897 bits per heavy atom. The first-order valence-electron chi connectivity index (χ1n) is 9.23. The average Bonchev–Trinajstić information content (AvgIpc) is 3.32. The van der Waals surface area contributed by atoms with Crippen molar-refractivity contribution in [3.8, 4) is 22.5 Å². The summed E-state index contributed by atoms with van der Waals surface area (Å²) in [5.74, 6) is 1.05. The van der Waals surface area contributed by atoms with Crippen molar-refractivity contribution in [1.29, 1.82) is 0 Å². The van der Waals surface area contributed by atoms with Gasteiger partial charge in [-0.2, -0.15) is 0 Å². The summed E-state index contributed by atoms with van der Waals surface area (Å²) < 4.78 is 1.06. The van der Waals surface area contributed by atoms with Gasteiger partial charge in [0.25, 0.3) is 0 Å². The molecule has 2 heterocycles. The zero-order valence-electron chi connectivity index (χ0n) is 15.2. The summed E-state index contributed by atoms with van der Waals surface area (Å²) in [7, 11) is 0. The van der Waals surface area contributed by atoms with Gasteiger partial charge in [0.05, 0.1) is 17.3 Å². The first kappa shape index (κ1) is 18.7. The highest BCUT2D eigenvalue weighted by atomic mass is 79.9. The van der Waals surface area contributed by atoms with Crippen molar-refractivity contribution in [2.45, 2.75) is 5.92 Å². The molecule has 1 aliphatic rings. The number of hydrogen-bond donors (Lipinski definition) is 2. The number of aromatic nitrogens is 2. The first-order chi connectivity index (χ1) is 14.1. The summed E-state index contributed by atoms with van der Waals surface area (Å²) >= 11 is 16.1. The minimum absolute atomic E-state index is 0.133. The second-order valence-corrected chi connectivity index (χ2v) is 8.82. The third-order valence-corrected chi connectivity index (χ3v) is 6.11. The van der Waals surface area contributed by atoms with Crippen LogP contribution >= 0.6 is 39.1 Å². The van der Waals surface area contributed by atoms with Crippen LogP contribution in [0.3, 0.4) is 0 Å². The lowest BCUT2D eigenvalue weighted by Crippen LogP contribution is -2.05. The molecule has 3 aromatic carbocycles. The molecular weight excluding hydrogens is 469 g/mol. The highest BCUT2D eigenvalue weighted by Gasteiger charge is 2.28. The Morgan fingerprint density at radius 3 is 2.38 bits per heavy atom. The summed E-state index contributed by atoms with van der Waals surface area (Å²) in [5.41, 5.74) is 6.13. The number of aromatic amines is 1. The first-order valence-corrected chi connectivity index (χ1v) is 10.8. The van der Waals surface area contributed by atoms with E-state index in [0.29, 0.717) is 10.0 Å². The van der Waals surface area contributed by atoms with E-state index in [4.69, 9.17) is 28.2 Å². The van der Waals surface area contributed by atoms with Crippen molar-refractivity contribution in [2.24, 2.45) is 0 Å². The molecule has 3 nitrogen and oxygen atoms in total. The maximum atomic E-state index is 6.27. The van der Waals surface area contributed by atoms with Gasteiger partial charge in [0.1, 0.15) is 5.82 Å². The van der Waals surface area contributed by atoms with Crippen molar-refractivity contribution in [1.82, 2.24) is 9.97 Å². The number of anilines is 1. The molecular formula is C23H16BrCl2N3. The minimum Gasteiger partial charge on any atom is -0.384 e. The fraction of sp³-hybridized carbons (Fsp3) is 0.0870. The second kappa shape index (κ2) is 7.52. The van der Waals surface area contributed by atoms with Crippen LogP contribution in [0, 0.1) is 0 Å². The fourth-order valence-electron chi connectivity index (χ4n) is 3.80. The predicted molar refractivity (Wildman–Crippen MR) is 124 cm³/mol. The van der Waals surface area contributed by atoms with Crippen molar-refractivity contribution in [3.05, 3.63) is 92.6 Å². The van der Waals surface area contributed by atoms with E-state index in [1.165, 1.54) is 5.56 Å². The molecule has 0 fully saturated rings. The Hall–Kier alpha value is -2.27. The third kappa shape index (κ3) is 3.57. The number of halogens is 3. The van der Waals surface area contributed by atoms with Gasteiger partial charge in [0, 0.05) is 37.9 Å². The number of imidazole rings is 1. The van der Waals surface area contributed by atoms with Crippen LogP contribution in [0.1, 0.15) is 17.3 Å². The smallest absolute Gasteiger partial charge is 0.116 e. The van der Waals surface area contributed by atoms with Gasteiger partial charge in [-0.25, -0.2) is 4.98 Å². The Morgan fingerprint density at radius 2 is 1.62 bits per heavy atom. The molecule has 1 aromatic heterocycles. The van der Waals surface area contributed by atoms with E-state index < -0.39 is 0 Å². The predicted octanol–water partition coefficient (Wildman–Crippen LogP) is 7.37. The highest BCUT2D eigenvalue weighted by molar-refractivity contribution is 9.10. The maximum Gasteiger partial charge on any atom is 0.116 e. The van der Waals surface area contributed by atoms with Gasteiger partial charge < -0.3 is 10.3 Å². The number of benzene rings is 3. The molecule has 1 atom stereocenters. The molecule has 0 bridgehead atoms. The molecule has 1 unspecified atom stereocenters. The van der Waals surface area contributed by atoms with Crippen LogP contribution in [-0.2, 0) is 0 Å². The van der Waals surface area contributed by atoms with Crippen LogP contribution in [0.15, 0.2) is 71.2 Å². The number of rotatable bonds is 3. The number of fused-ring (bicyclic) bond motifs is 1. The second-order valence-electron chi connectivity index (χ2n) is 7.03. The highest BCUT2D eigenvalue weighted by Crippen LogP contribution is 2.40. The van der Waals surface area contributed by atoms with Crippen molar-refractivity contribution < 1.29 is 0 Å². The van der Waals surface area contributed by atoms with E-state index in [2.05, 4.69) is 38.4 Å².